The zero-order valence-corrected chi connectivity index (χ0v) is 7.72. The number of carbonyl (C=O) groups excluding carboxylic acids is 1. The number of nitrogens with two attached hydrogens (primary N) is 1. The molecular formula is C8H15NO3. The molecule has 1 atom stereocenters. The van der Waals surface area contributed by atoms with E-state index in [2.05, 4.69) is 4.74 Å². The molecule has 0 bridgehead atoms. The largest absolute Gasteiger partial charge is 0.468 e. The van der Waals surface area contributed by atoms with Gasteiger partial charge in [-0.05, 0) is 13.8 Å². The Bertz CT molecular complexity index is 202. The molecule has 0 aromatic rings. The van der Waals surface area contributed by atoms with Crippen molar-refractivity contribution in [1.82, 2.24) is 0 Å². The molecule has 0 aromatic carbocycles. The van der Waals surface area contributed by atoms with Gasteiger partial charge in [0.15, 0.2) is 0 Å². The molecule has 0 aromatic heterocycles. The number of ether oxygens (including phenoxy) is 2. The average molecular weight is 173 g/mol. The Morgan fingerprint density at radius 2 is 2.17 bits per heavy atom. The van der Waals surface area contributed by atoms with Gasteiger partial charge < -0.3 is 15.2 Å². The first kappa shape index (κ1) is 9.48. The van der Waals surface area contributed by atoms with Crippen LogP contribution in [0.5, 0.6) is 0 Å². The molecule has 0 radical (unpaired) electrons. The molecule has 1 saturated heterocycles. The van der Waals surface area contributed by atoms with Crippen molar-refractivity contribution < 1.29 is 14.3 Å². The maximum absolute atomic E-state index is 11.2. The predicted octanol–water partition coefficient (Wildman–Crippen LogP) is 0.0558. The standard InChI is InChI=1S/C8H15NO3/c1-7(2)4-8(9,5-12-7)6(10)11-3/h4-5,9H2,1-3H3. The van der Waals surface area contributed by atoms with Crippen LogP contribution in [0, 0.1) is 0 Å². The van der Waals surface area contributed by atoms with E-state index >= 15 is 0 Å². The summed E-state index contributed by atoms with van der Waals surface area (Å²) >= 11 is 0. The van der Waals surface area contributed by atoms with Crippen LogP contribution in [0.25, 0.3) is 0 Å². The van der Waals surface area contributed by atoms with Gasteiger partial charge in [-0.3, -0.25) is 0 Å². The molecule has 1 heterocycles. The van der Waals surface area contributed by atoms with Crippen molar-refractivity contribution in [1.29, 1.82) is 0 Å². The molecule has 1 rings (SSSR count). The first-order valence-electron chi connectivity index (χ1n) is 3.91. The van der Waals surface area contributed by atoms with Gasteiger partial charge in [0.25, 0.3) is 0 Å². The number of hydrogen-bond donors (Lipinski definition) is 1. The van der Waals surface area contributed by atoms with Gasteiger partial charge in [0.2, 0.25) is 0 Å². The van der Waals surface area contributed by atoms with E-state index in [9.17, 15) is 4.79 Å². The second-order valence-corrected chi connectivity index (χ2v) is 3.87. The minimum atomic E-state index is -0.946. The fraction of sp³-hybridized carbons (Fsp3) is 0.875. The lowest BCUT2D eigenvalue weighted by Gasteiger charge is -2.20. The molecule has 12 heavy (non-hydrogen) atoms. The van der Waals surface area contributed by atoms with Crippen LogP contribution in [0.3, 0.4) is 0 Å². The third-order valence-electron chi connectivity index (χ3n) is 2.05. The summed E-state index contributed by atoms with van der Waals surface area (Å²) in [5, 5.41) is 0. The summed E-state index contributed by atoms with van der Waals surface area (Å²) in [6.45, 7) is 4.06. The maximum atomic E-state index is 11.2. The molecular weight excluding hydrogens is 158 g/mol. The lowest BCUT2D eigenvalue weighted by atomic mass is 9.92. The Morgan fingerprint density at radius 1 is 1.58 bits per heavy atom. The molecule has 1 fully saturated rings. The molecule has 4 heteroatoms. The van der Waals surface area contributed by atoms with Crippen LogP contribution < -0.4 is 5.73 Å². The van der Waals surface area contributed by atoms with Gasteiger partial charge in [0.05, 0.1) is 19.3 Å². The zero-order valence-electron chi connectivity index (χ0n) is 7.72. The topological polar surface area (TPSA) is 61.5 Å². The number of methoxy groups -OCH3 is 1. The predicted molar refractivity (Wildman–Crippen MR) is 43.6 cm³/mol. The highest BCUT2D eigenvalue weighted by Crippen LogP contribution is 2.31. The highest BCUT2D eigenvalue weighted by atomic mass is 16.5. The lowest BCUT2D eigenvalue weighted by Crippen LogP contribution is -2.50. The van der Waals surface area contributed by atoms with E-state index < -0.39 is 11.5 Å². The van der Waals surface area contributed by atoms with E-state index in [4.69, 9.17) is 10.5 Å². The Labute approximate surface area is 72.0 Å². The average Bonchev–Trinajstić information content (AvgIpc) is 2.25. The molecule has 4 nitrogen and oxygen atoms in total. The molecule has 1 aliphatic heterocycles. The van der Waals surface area contributed by atoms with Gasteiger partial charge >= 0.3 is 5.97 Å². The lowest BCUT2D eigenvalue weighted by molar-refractivity contribution is -0.146. The summed E-state index contributed by atoms with van der Waals surface area (Å²) in [6, 6.07) is 0. The molecule has 70 valence electrons. The van der Waals surface area contributed by atoms with Gasteiger partial charge in [0.1, 0.15) is 5.54 Å². The van der Waals surface area contributed by atoms with Crippen molar-refractivity contribution in [2.75, 3.05) is 13.7 Å². The van der Waals surface area contributed by atoms with Crippen LogP contribution in [0.2, 0.25) is 0 Å². The van der Waals surface area contributed by atoms with Gasteiger partial charge in [-0.2, -0.15) is 0 Å². The molecule has 0 amide bonds. The van der Waals surface area contributed by atoms with Crippen molar-refractivity contribution in [3.63, 3.8) is 0 Å². The summed E-state index contributed by atoms with van der Waals surface area (Å²) in [5.41, 5.74) is 4.53. The number of carbonyl (C=O) groups is 1. The molecule has 1 aliphatic rings. The Morgan fingerprint density at radius 3 is 2.50 bits per heavy atom. The summed E-state index contributed by atoms with van der Waals surface area (Å²) in [4.78, 5) is 11.2. The van der Waals surface area contributed by atoms with Crippen molar-refractivity contribution in [3.8, 4) is 0 Å². The molecule has 2 N–H and O–H groups in total. The van der Waals surface area contributed by atoms with Gasteiger partial charge in [-0.25, -0.2) is 4.79 Å². The molecule has 0 spiro atoms. The molecule has 1 unspecified atom stereocenters. The number of rotatable bonds is 1. The summed E-state index contributed by atoms with van der Waals surface area (Å²) in [5.74, 6) is -0.395. The highest BCUT2D eigenvalue weighted by Gasteiger charge is 2.47. The van der Waals surface area contributed by atoms with Crippen LogP contribution in [0.15, 0.2) is 0 Å². The first-order valence-corrected chi connectivity index (χ1v) is 3.91. The third-order valence-corrected chi connectivity index (χ3v) is 2.05. The van der Waals surface area contributed by atoms with Crippen molar-refractivity contribution >= 4 is 5.97 Å². The van der Waals surface area contributed by atoms with E-state index in [0.29, 0.717) is 6.42 Å². The van der Waals surface area contributed by atoms with Gasteiger partial charge in [-0.15, -0.1) is 0 Å². The van der Waals surface area contributed by atoms with Gasteiger partial charge in [-0.1, -0.05) is 0 Å². The first-order chi connectivity index (χ1) is 5.40. The van der Waals surface area contributed by atoms with E-state index in [1.54, 1.807) is 0 Å². The van der Waals surface area contributed by atoms with Crippen molar-refractivity contribution in [2.45, 2.75) is 31.4 Å². The van der Waals surface area contributed by atoms with E-state index in [1.807, 2.05) is 13.8 Å². The Hall–Kier alpha value is -0.610. The fourth-order valence-electron chi connectivity index (χ4n) is 1.52. The minimum absolute atomic E-state index is 0.243. The van der Waals surface area contributed by atoms with Crippen LogP contribution in [-0.4, -0.2) is 30.8 Å². The van der Waals surface area contributed by atoms with Crippen LogP contribution in [0.1, 0.15) is 20.3 Å². The summed E-state index contributed by atoms with van der Waals surface area (Å²) < 4.78 is 9.94. The SMILES string of the molecule is COC(=O)C1(N)COC(C)(C)C1. The van der Waals surface area contributed by atoms with E-state index in [1.165, 1.54) is 7.11 Å². The zero-order chi connectivity index (χ0) is 9.41. The smallest absolute Gasteiger partial charge is 0.328 e. The molecule has 0 aliphatic carbocycles. The van der Waals surface area contributed by atoms with E-state index in [0.717, 1.165) is 0 Å². The highest BCUT2D eigenvalue weighted by molar-refractivity contribution is 5.81. The summed E-state index contributed by atoms with van der Waals surface area (Å²) in [6.07, 6.45) is 0.507. The maximum Gasteiger partial charge on any atom is 0.328 e. The van der Waals surface area contributed by atoms with Crippen LogP contribution in [0.4, 0.5) is 0 Å². The van der Waals surface area contributed by atoms with Gasteiger partial charge in [0, 0.05) is 6.42 Å². The molecule has 0 saturated carbocycles. The second kappa shape index (κ2) is 2.71. The minimum Gasteiger partial charge on any atom is -0.468 e. The van der Waals surface area contributed by atoms with E-state index in [-0.39, 0.29) is 12.2 Å². The normalized spacial score (nSPS) is 33.3. The second-order valence-electron chi connectivity index (χ2n) is 3.87. The number of esters is 1. The Kier molecular flexibility index (Phi) is 2.14. The summed E-state index contributed by atoms with van der Waals surface area (Å²) in [7, 11) is 1.34. The number of hydrogen-bond acceptors (Lipinski definition) is 4. The fourth-order valence-corrected chi connectivity index (χ4v) is 1.52. The van der Waals surface area contributed by atoms with Crippen molar-refractivity contribution in [3.05, 3.63) is 0 Å². The third kappa shape index (κ3) is 1.59. The quantitative estimate of drug-likeness (QED) is 0.569. The van der Waals surface area contributed by atoms with Crippen LogP contribution >= 0.6 is 0 Å². The van der Waals surface area contributed by atoms with Crippen molar-refractivity contribution in [2.24, 2.45) is 5.73 Å². The Balaban J connectivity index is 2.71. The monoisotopic (exact) mass is 173 g/mol. The van der Waals surface area contributed by atoms with Crippen LogP contribution in [-0.2, 0) is 14.3 Å².